The summed E-state index contributed by atoms with van der Waals surface area (Å²) in [7, 11) is 3.31. The summed E-state index contributed by atoms with van der Waals surface area (Å²) in [4.78, 5) is 13.3. The zero-order chi connectivity index (χ0) is 11.4. The highest BCUT2D eigenvalue weighted by Gasteiger charge is 2.30. The standard InChI is InChI=1S/C10H22N2O2/c1-8(2)6-12(4)7-10(3,11)9(13)14-5/h8H,6-7,11H2,1-5H3. The topological polar surface area (TPSA) is 55.6 Å². The molecule has 0 radical (unpaired) electrons. The van der Waals surface area contributed by atoms with Crippen molar-refractivity contribution in [2.45, 2.75) is 26.3 Å². The molecule has 84 valence electrons. The molecule has 0 saturated heterocycles. The molecule has 0 aromatic carbocycles. The molecule has 0 amide bonds. The quantitative estimate of drug-likeness (QED) is 0.658. The number of rotatable bonds is 5. The van der Waals surface area contributed by atoms with Crippen LogP contribution in [0.15, 0.2) is 0 Å². The number of hydrogen-bond donors (Lipinski definition) is 1. The van der Waals surface area contributed by atoms with E-state index in [4.69, 9.17) is 5.73 Å². The van der Waals surface area contributed by atoms with Gasteiger partial charge in [0.2, 0.25) is 0 Å². The highest BCUT2D eigenvalue weighted by atomic mass is 16.5. The number of ether oxygens (including phenoxy) is 1. The average Bonchev–Trinajstić information content (AvgIpc) is 1.99. The molecule has 4 heteroatoms. The minimum atomic E-state index is -0.918. The van der Waals surface area contributed by atoms with Gasteiger partial charge in [-0.25, -0.2) is 0 Å². The monoisotopic (exact) mass is 202 g/mol. The fraction of sp³-hybridized carbons (Fsp3) is 0.900. The second kappa shape index (κ2) is 5.32. The largest absolute Gasteiger partial charge is 0.468 e. The number of nitrogens with two attached hydrogens (primary N) is 1. The predicted octanol–water partition coefficient (Wildman–Crippen LogP) is 0.465. The summed E-state index contributed by atoms with van der Waals surface area (Å²) >= 11 is 0. The Labute approximate surface area is 86.4 Å². The van der Waals surface area contributed by atoms with Crippen LogP contribution in [0.25, 0.3) is 0 Å². The molecule has 0 rings (SSSR count). The van der Waals surface area contributed by atoms with Crippen LogP contribution < -0.4 is 5.73 Å². The fourth-order valence-electron chi connectivity index (χ4n) is 1.55. The second-order valence-electron chi connectivity index (χ2n) is 4.50. The Bertz CT molecular complexity index is 191. The first-order valence-corrected chi connectivity index (χ1v) is 4.85. The van der Waals surface area contributed by atoms with E-state index < -0.39 is 5.54 Å². The Morgan fingerprint density at radius 3 is 2.43 bits per heavy atom. The molecular weight excluding hydrogens is 180 g/mol. The number of carbonyl (C=O) groups excluding carboxylic acids is 1. The van der Waals surface area contributed by atoms with Gasteiger partial charge in [-0.1, -0.05) is 13.8 Å². The van der Waals surface area contributed by atoms with E-state index in [0.717, 1.165) is 6.54 Å². The molecule has 1 atom stereocenters. The lowest BCUT2D eigenvalue weighted by atomic mass is 10.0. The molecule has 0 bridgehead atoms. The van der Waals surface area contributed by atoms with Gasteiger partial charge in [0.1, 0.15) is 5.54 Å². The van der Waals surface area contributed by atoms with Gasteiger partial charge in [-0.3, -0.25) is 4.79 Å². The number of carbonyl (C=O) groups is 1. The van der Waals surface area contributed by atoms with Gasteiger partial charge in [-0.05, 0) is 19.9 Å². The van der Waals surface area contributed by atoms with Gasteiger partial charge < -0.3 is 15.4 Å². The molecule has 0 heterocycles. The predicted molar refractivity (Wildman–Crippen MR) is 56.9 cm³/mol. The van der Waals surface area contributed by atoms with Gasteiger partial charge in [0, 0.05) is 13.1 Å². The van der Waals surface area contributed by atoms with E-state index in [0.29, 0.717) is 12.5 Å². The number of esters is 1. The first-order chi connectivity index (χ1) is 6.29. The summed E-state index contributed by atoms with van der Waals surface area (Å²) in [6.45, 7) is 7.38. The molecule has 0 aromatic heterocycles. The minimum absolute atomic E-state index is 0.367. The molecule has 0 aliphatic heterocycles. The molecular formula is C10H22N2O2. The van der Waals surface area contributed by atoms with Gasteiger partial charge in [0.25, 0.3) is 0 Å². The Hall–Kier alpha value is -0.610. The van der Waals surface area contributed by atoms with Crippen molar-refractivity contribution in [2.75, 3.05) is 27.2 Å². The van der Waals surface area contributed by atoms with Crippen molar-refractivity contribution < 1.29 is 9.53 Å². The van der Waals surface area contributed by atoms with Gasteiger partial charge in [0.15, 0.2) is 0 Å². The van der Waals surface area contributed by atoms with E-state index in [9.17, 15) is 4.79 Å². The Balaban J connectivity index is 4.14. The summed E-state index contributed by atoms with van der Waals surface area (Å²) in [6, 6.07) is 0. The normalized spacial score (nSPS) is 15.7. The van der Waals surface area contributed by atoms with Crippen LogP contribution >= 0.6 is 0 Å². The van der Waals surface area contributed by atoms with Gasteiger partial charge in [-0.2, -0.15) is 0 Å². The van der Waals surface area contributed by atoms with Crippen LogP contribution in [0.2, 0.25) is 0 Å². The highest BCUT2D eigenvalue weighted by Crippen LogP contribution is 2.06. The van der Waals surface area contributed by atoms with Gasteiger partial charge in [0.05, 0.1) is 7.11 Å². The van der Waals surface area contributed by atoms with Crippen LogP contribution in [-0.4, -0.2) is 43.7 Å². The summed E-state index contributed by atoms with van der Waals surface area (Å²) in [5.74, 6) is 0.196. The Kier molecular flexibility index (Phi) is 5.08. The maximum absolute atomic E-state index is 11.3. The first kappa shape index (κ1) is 13.4. The lowest BCUT2D eigenvalue weighted by Gasteiger charge is -2.28. The summed E-state index contributed by atoms with van der Waals surface area (Å²) in [5, 5.41) is 0. The second-order valence-corrected chi connectivity index (χ2v) is 4.50. The minimum Gasteiger partial charge on any atom is -0.468 e. The van der Waals surface area contributed by atoms with Crippen molar-refractivity contribution in [3.63, 3.8) is 0 Å². The number of hydrogen-bond acceptors (Lipinski definition) is 4. The van der Waals surface area contributed by atoms with Crippen molar-refractivity contribution in [3.8, 4) is 0 Å². The van der Waals surface area contributed by atoms with Crippen LogP contribution in [0.4, 0.5) is 0 Å². The summed E-state index contributed by atoms with van der Waals surface area (Å²) in [6.07, 6.45) is 0. The highest BCUT2D eigenvalue weighted by molar-refractivity contribution is 5.80. The number of likely N-dealkylation sites (N-methyl/N-ethyl adjacent to an activating group) is 1. The van der Waals surface area contributed by atoms with Crippen molar-refractivity contribution in [2.24, 2.45) is 11.7 Å². The van der Waals surface area contributed by atoms with E-state index in [-0.39, 0.29) is 5.97 Å². The maximum Gasteiger partial charge on any atom is 0.326 e. The number of methoxy groups -OCH3 is 1. The Morgan fingerprint density at radius 2 is 2.07 bits per heavy atom. The molecule has 0 fully saturated rings. The zero-order valence-corrected chi connectivity index (χ0v) is 9.83. The summed E-state index contributed by atoms with van der Waals surface area (Å²) in [5.41, 5.74) is 4.91. The number of nitrogens with zero attached hydrogens (tertiary/aromatic N) is 1. The van der Waals surface area contributed by atoms with E-state index in [2.05, 4.69) is 18.6 Å². The van der Waals surface area contributed by atoms with Crippen molar-refractivity contribution in [1.29, 1.82) is 0 Å². The lowest BCUT2D eigenvalue weighted by Crippen LogP contribution is -2.54. The molecule has 4 nitrogen and oxygen atoms in total. The third-order valence-corrected chi connectivity index (χ3v) is 1.93. The van der Waals surface area contributed by atoms with E-state index >= 15 is 0 Å². The first-order valence-electron chi connectivity index (χ1n) is 4.85. The average molecular weight is 202 g/mol. The van der Waals surface area contributed by atoms with Crippen molar-refractivity contribution in [1.82, 2.24) is 4.90 Å². The van der Waals surface area contributed by atoms with E-state index in [1.54, 1.807) is 6.92 Å². The molecule has 14 heavy (non-hydrogen) atoms. The van der Waals surface area contributed by atoms with E-state index in [1.807, 2.05) is 11.9 Å². The summed E-state index contributed by atoms with van der Waals surface area (Å²) < 4.78 is 4.63. The van der Waals surface area contributed by atoms with Crippen LogP contribution in [0.3, 0.4) is 0 Å². The zero-order valence-electron chi connectivity index (χ0n) is 9.83. The molecule has 0 aliphatic carbocycles. The van der Waals surface area contributed by atoms with Crippen LogP contribution in [0.5, 0.6) is 0 Å². The van der Waals surface area contributed by atoms with E-state index in [1.165, 1.54) is 7.11 Å². The fourth-order valence-corrected chi connectivity index (χ4v) is 1.55. The third-order valence-electron chi connectivity index (χ3n) is 1.93. The smallest absolute Gasteiger partial charge is 0.326 e. The maximum atomic E-state index is 11.3. The van der Waals surface area contributed by atoms with Gasteiger partial charge in [-0.15, -0.1) is 0 Å². The molecule has 1 unspecified atom stereocenters. The molecule has 0 saturated carbocycles. The Morgan fingerprint density at radius 1 is 1.57 bits per heavy atom. The molecule has 0 aliphatic rings. The third kappa shape index (κ3) is 4.58. The molecule has 0 spiro atoms. The van der Waals surface area contributed by atoms with Gasteiger partial charge >= 0.3 is 5.97 Å². The van der Waals surface area contributed by atoms with Crippen molar-refractivity contribution in [3.05, 3.63) is 0 Å². The van der Waals surface area contributed by atoms with Crippen LogP contribution in [-0.2, 0) is 9.53 Å². The van der Waals surface area contributed by atoms with Crippen molar-refractivity contribution >= 4 is 5.97 Å². The van der Waals surface area contributed by atoms with Crippen LogP contribution in [0.1, 0.15) is 20.8 Å². The molecule has 2 N–H and O–H groups in total. The lowest BCUT2D eigenvalue weighted by molar-refractivity contribution is -0.147. The SMILES string of the molecule is COC(=O)C(C)(N)CN(C)CC(C)C. The van der Waals surface area contributed by atoms with Crippen LogP contribution in [0, 0.1) is 5.92 Å². The molecule has 0 aromatic rings.